The highest BCUT2D eigenvalue weighted by atomic mass is 32.3. The summed E-state index contributed by atoms with van der Waals surface area (Å²) in [5.74, 6) is -1.76. The standard InChI is InChI=1S/C32H30N8O10S5/c1-19-29(21-5-7-25(53(3,43)44)23(13-21)39-11-9-33-17-39)51-31(35-19)37-27(41)15-49-55(47,48)50-16-28(42)38-32-36-20(2)30(52-32)22-6-8-26(54(4,45)46)24(14-22)40-12-10-34-18-40/h5-14,17-18H,15-16H2,1-4H3,(H,35,37,41)(H,36,38,42). The topological polar surface area (TPSA) is 240 Å². The fourth-order valence-corrected chi connectivity index (χ4v) is 9.43. The predicted octanol–water partition coefficient (Wildman–Crippen LogP) is 3.58. The number of benzene rings is 2. The number of amides is 2. The van der Waals surface area contributed by atoms with Crippen LogP contribution in [-0.4, -0.2) is 91.9 Å². The number of hydrogen-bond donors (Lipinski definition) is 2. The van der Waals surface area contributed by atoms with Gasteiger partial charge in [-0.3, -0.25) is 20.2 Å². The van der Waals surface area contributed by atoms with E-state index < -0.39 is 55.1 Å². The molecule has 0 spiro atoms. The summed E-state index contributed by atoms with van der Waals surface area (Å²) in [7, 11) is -12.0. The molecule has 2 aromatic carbocycles. The number of carbonyl (C=O) groups is 2. The third kappa shape index (κ3) is 9.38. The van der Waals surface area contributed by atoms with Crippen LogP contribution < -0.4 is 10.6 Å². The minimum Gasteiger partial charge on any atom is -0.305 e. The maximum absolute atomic E-state index is 12.6. The van der Waals surface area contributed by atoms with E-state index in [1.54, 1.807) is 59.6 Å². The second-order valence-electron chi connectivity index (χ2n) is 11.7. The highest BCUT2D eigenvalue weighted by Crippen LogP contribution is 2.37. The van der Waals surface area contributed by atoms with E-state index in [0.29, 0.717) is 43.6 Å². The molecule has 0 aliphatic rings. The van der Waals surface area contributed by atoms with E-state index in [-0.39, 0.29) is 20.1 Å². The maximum atomic E-state index is 12.6. The van der Waals surface area contributed by atoms with Crippen LogP contribution in [0.2, 0.25) is 0 Å². The first-order chi connectivity index (χ1) is 25.9. The molecule has 0 fully saturated rings. The number of aromatic nitrogens is 6. The van der Waals surface area contributed by atoms with Gasteiger partial charge in [-0.05, 0) is 49.2 Å². The fourth-order valence-electron chi connectivity index (χ4n) is 5.18. The molecule has 0 atom stereocenters. The van der Waals surface area contributed by atoms with Gasteiger partial charge in [-0.25, -0.2) is 45.1 Å². The Balaban J connectivity index is 1.04. The Morgan fingerprint density at radius 3 is 1.42 bits per heavy atom. The van der Waals surface area contributed by atoms with Gasteiger partial charge in [0.1, 0.15) is 13.2 Å². The number of nitrogens with one attached hydrogen (secondary N) is 2. The number of sulfone groups is 2. The zero-order valence-corrected chi connectivity index (χ0v) is 33.2. The molecule has 0 saturated heterocycles. The molecule has 288 valence electrons. The maximum Gasteiger partial charge on any atom is 0.400 e. The summed E-state index contributed by atoms with van der Waals surface area (Å²) in [5.41, 5.74) is 2.99. The average Bonchev–Trinajstić information content (AvgIpc) is 3.94. The molecule has 2 N–H and O–H groups in total. The molecule has 0 aliphatic carbocycles. The molecule has 4 aromatic heterocycles. The molecule has 6 aromatic rings. The highest BCUT2D eigenvalue weighted by Gasteiger charge is 2.22. The largest absolute Gasteiger partial charge is 0.400 e. The van der Waals surface area contributed by atoms with Crippen molar-refractivity contribution in [1.29, 1.82) is 0 Å². The Hall–Kier alpha value is -5.17. The Kier molecular flexibility index (Phi) is 11.2. The molecular formula is C32H30N8O10S5. The molecule has 0 radical (unpaired) electrons. The molecule has 2 amide bonds. The summed E-state index contributed by atoms with van der Waals surface area (Å²) in [4.78, 5) is 43.2. The molecule has 4 heterocycles. The van der Waals surface area contributed by atoms with Crippen LogP contribution in [-0.2, 0) is 48.0 Å². The third-order valence-electron chi connectivity index (χ3n) is 7.56. The number of carbonyl (C=O) groups excluding carboxylic acids is 2. The van der Waals surface area contributed by atoms with Crippen LogP contribution in [0.3, 0.4) is 0 Å². The number of rotatable bonds is 14. The Morgan fingerprint density at radius 2 is 1.07 bits per heavy atom. The van der Waals surface area contributed by atoms with E-state index in [0.717, 1.165) is 35.2 Å². The highest BCUT2D eigenvalue weighted by molar-refractivity contribution is 7.91. The van der Waals surface area contributed by atoms with Gasteiger partial charge in [-0.1, -0.05) is 34.8 Å². The van der Waals surface area contributed by atoms with E-state index in [1.807, 2.05) is 0 Å². The molecule has 6 rings (SSSR count). The van der Waals surface area contributed by atoms with Crippen molar-refractivity contribution < 1.29 is 43.2 Å². The van der Waals surface area contributed by atoms with Crippen LogP contribution in [0.25, 0.3) is 32.3 Å². The normalized spacial score (nSPS) is 12.1. The average molecular weight is 847 g/mol. The molecule has 18 nitrogen and oxygen atoms in total. The van der Waals surface area contributed by atoms with Crippen molar-refractivity contribution in [2.24, 2.45) is 0 Å². The van der Waals surface area contributed by atoms with Crippen LogP contribution in [0.15, 0.2) is 83.6 Å². The number of nitrogens with zero attached hydrogens (tertiary/aromatic N) is 6. The van der Waals surface area contributed by atoms with Crippen molar-refractivity contribution in [1.82, 2.24) is 29.1 Å². The van der Waals surface area contributed by atoms with Crippen molar-refractivity contribution in [3.05, 3.63) is 85.2 Å². The van der Waals surface area contributed by atoms with Gasteiger partial charge in [0.05, 0.1) is 55.0 Å². The van der Waals surface area contributed by atoms with E-state index in [4.69, 9.17) is 0 Å². The van der Waals surface area contributed by atoms with E-state index in [2.05, 4.69) is 38.9 Å². The number of hydrogen-bond acceptors (Lipinski definition) is 16. The van der Waals surface area contributed by atoms with Gasteiger partial charge in [0, 0.05) is 37.3 Å². The summed E-state index contributed by atoms with van der Waals surface area (Å²) in [6, 6.07) is 9.47. The fraction of sp³-hybridized carbons (Fsp3) is 0.188. The second kappa shape index (κ2) is 15.5. The zero-order chi connectivity index (χ0) is 39.7. The van der Waals surface area contributed by atoms with Gasteiger partial charge >= 0.3 is 10.4 Å². The summed E-state index contributed by atoms with van der Waals surface area (Å²) >= 11 is 2.14. The molecule has 0 aliphatic heterocycles. The quantitative estimate of drug-likeness (QED) is 0.159. The Bertz CT molecular complexity index is 2560. The summed E-state index contributed by atoms with van der Waals surface area (Å²) in [6.45, 7) is 1.40. The molecule has 0 bridgehead atoms. The first-order valence-corrected chi connectivity index (χ1v) is 22.4. The number of anilines is 2. The van der Waals surface area contributed by atoms with Crippen molar-refractivity contribution in [3.63, 3.8) is 0 Å². The van der Waals surface area contributed by atoms with Crippen molar-refractivity contribution >= 4 is 74.8 Å². The van der Waals surface area contributed by atoms with E-state index in [1.165, 1.54) is 37.2 Å². The van der Waals surface area contributed by atoms with Crippen molar-refractivity contribution in [2.75, 3.05) is 36.4 Å². The van der Waals surface area contributed by atoms with E-state index in [9.17, 15) is 34.8 Å². The SMILES string of the molecule is Cc1nc(NC(=O)COS(=O)(=O)OCC(=O)Nc2nc(C)c(-c3ccc(S(C)(=O)=O)c(-n4ccnc4)c3)s2)sc1-c1ccc(S(C)(=O)=O)c(-n2ccnc2)c1. The molecule has 0 saturated carbocycles. The molecule has 0 unspecified atom stereocenters. The first-order valence-electron chi connectivity index (χ1n) is 15.6. The minimum atomic E-state index is -4.80. The lowest BCUT2D eigenvalue weighted by Crippen LogP contribution is -2.25. The zero-order valence-electron chi connectivity index (χ0n) is 29.1. The molecule has 55 heavy (non-hydrogen) atoms. The van der Waals surface area contributed by atoms with Gasteiger partial charge in [0.2, 0.25) is 0 Å². The van der Waals surface area contributed by atoms with Gasteiger partial charge in [0.25, 0.3) is 11.8 Å². The molecular weight excluding hydrogens is 817 g/mol. The van der Waals surface area contributed by atoms with Gasteiger partial charge in [0.15, 0.2) is 29.9 Å². The van der Waals surface area contributed by atoms with Crippen molar-refractivity contribution in [3.8, 4) is 32.3 Å². The number of thiazole rings is 2. The van der Waals surface area contributed by atoms with Crippen LogP contribution in [0, 0.1) is 13.8 Å². The number of imidazole rings is 2. The van der Waals surface area contributed by atoms with Crippen LogP contribution in [0.1, 0.15) is 11.4 Å². The Labute approximate surface area is 323 Å². The van der Waals surface area contributed by atoms with Crippen LogP contribution >= 0.6 is 22.7 Å². The third-order valence-corrected chi connectivity index (χ3v) is 12.9. The molecule has 23 heteroatoms. The lowest BCUT2D eigenvalue weighted by Gasteiger charge is -2.11. The predicted molar refractivity (Wildman–Crippen MR) is 203 cm³/mol. The van der Waals surface area contributed by atoms with Gasteiger partial charge in [-0.2, -0.15) is 8.42 Å². The second-order valence-corrected chi connectivity index (χ2v) is 19.0. The summed E-state index contributed by atoms with van der Waals surface area (Å²) < 4.78 is 86.7. The lowest BCUT2D eigenvalue weighted by molar-refractivity contribution is -0.118. The summed E-state index contributed by atoms with van der Waals surface area (Å²) in [6.07, 6.45) is 11.4. The Morgan fingerprint density at radius 1 is 0.673 bits per heavy atom. The monoisotopic (exact) mass is 846 g/mol. The van der Waals surface area contributed by atoms with Crippen LogP contribution in [0.4, 0.5) is 10.3 Å². The smallest absolute Gasteiger partial charge is 0.305 e. The van der Waals surface area contributed by atoms with Crippen molar-refractivity contribution in [2.45, 2.75) is 23.6 Å². The summed E-state index contributed by atoms with van der Waals surface area (Å²) in [5, 5.41) is 5.16. The van der Waals surface area contributed by atoms with E-state index >= 15 is 0 Å². The van der Waals surface area contributed by atoms with Crippen LogP contribution in [0.5, 0.6) is 0 Å². The van der Waals surface area contributed by atoms with Gasteiger partial charge < -0.3 is 9.13 Å². The number of aryl methyl sites for hydroxylation is 2. The van der Waals surface area contributed by atoms with Gasteiger partial charge in [-0.15, -0.1) is 0 Å². The lowest BCUT2D eigenvalue weighted by atomic mass is 10.1. The minimum absolute atomic E-state index is 0.0903. The first kappa shape index (κ1) is 39.5.